The van der Waals surface area contributed by atoms with Crippen LogP contribution in [-0.2, 0) is 30.3 Å². The van der Waals surface area contributed by atoms with Gasteiger partial charge < -0.3 is 25.1 Å². The summed E-state index contributed by atoms with van der Waals surface area (Å²) in [5, 5.41) is 9.94. The van der Waals surface area contributed by atoms with Crippen molar-refractivity contribution < 1.29 is 38.5 Å². The summed E-state index contributed by atoms with van der Waals surface area (Å²) >= 11 is 0. The lowest BCUT2D eigenvalue weighted by Gasteiger charge is -2.28. The average molecular weight is 550 g/mol. The number of carboxylic acids is 1. The first-order valence-electron chi connectivity index (χ1n) is 14.3. The van der Waals surface area contributed by atoms with Crippen molar-refractivity contribution in [2.45, 2.75) is 129 Å². The molecule has 0 saturated heterocycles. The number of rotatable bonds is 20. The zero-order valence-electron chi connectivity index (χ0n) is 24.1. The lowest BCUT2D eigenvalue weighted by atomic mass is 9.86. The molecule has 9 heteroatoms. The standard InChI is InChI=1S/C30H47NO8/c1-5-8-11-14-26(32)37-22(4)20-30(31,29(35)36)21-23-17-18-24(38-27(33)15-12-9-6-2)25(19-23)39-28(34)16-13-10-7-3/h17-19,22H,5-16,20-21,31H2,1-4H3,(H,35,36)/t22-,30?/m0/s1. The van der Waals surface area contributed by atoms with Gasteiger partial charge in [-0.1, -0.05) is 65.4 Å². The molecule has 0 bridgehead atoms. The van der Waals surface area contributed by atoms with Crippen molar-refractivity contribution in [2.75, 3.05) is 0 Å². The number of ether oxygens (including phenoxy) is 3. The molecule has 1 unspecified atom stereocenters. The first kappa shape index (κ1) is 34.1. The molecule has 39 heavy (non-hydrogen) atoms. The Morgan fingerprint density at radius 3 is 1.77 bits per heavy atom. The summed E-state index contributed by atoms with van der Waals surface area (Å²) in [6.45, 7) is 7.72. The Labute approximate surface area is 232 Å². The lowest BCUT2D eigenvalue weighted by Crippen LogP contribution is -2.52. The minimum Gasteiger partial charge on any atom is -0.480 e. The number of benzene rings is 1. The maximum atomic E-state index is 12.5. The van der Waals surface area contributed by atoms with Crippen LogP contribution in [0.4, 0.5) is 0 Å². The highest BCUT2D eigenvalue weighted by molar-refractivity contribution is 5.80. The highest BCUT2D eigenvalue weighted by atomic mass is 16.6. The zero-order valence-corrected chi connectivity index (χ0v) is 24.1. The van der Waals surface area contributed by atoms with E-state index in [0.717, 1.165) is 38.5 Å². The van der Waals surface area contributed by atoms with E-state index in [-0.39, 0.29) is 49.6 Å². The molecule has 0 aliphatic heterocycles. The van der Waals surface area contributed by atoms with Crippen LogP contribution in [0.25, 0.3) is 0 Å². The molecule has 2 atom stereocenters. The second kappa shape index (κ2) is 18.4. The molecule has 0 heterocycles. The van der Waals surface area contributed by atoms with Gasteiger partial charge in [0.05, 0.1) is 0 Å². The Morgan fingerprint density at radius 2 is 1.28 bits per heavy atom. The summed E-state index contributed by atoms with van der Waals surface area (Å²) in [7, 11) is 0. The van der Waals surface area contributed by atoms with E-state index in [4.69, 9.17) is 19.9 Å². The third-order valence-electron chi connectivity index (χ3n) is 6.34. The third kappa shape index (κ3) is 13.6. The van der Waals surface area contributed by atoms with Gasteiger partial charge in [0.2, 0.25) is 0 Å². The smallest absolute Gasteiger partial charge is 0.324 e. The van der Waals surface area contributed by atoms with Gasteiger partial charge in [0.1, 0.15) is 11.6 Å². The van der Waals surface area contributed by atoms with Crippen LogP contribution < -0.4 is 15.2 Å². The van der Waals surface area contributed by atoms with Gasteiger partial charge in [0, 0.05) is 32.1 Å². The molecule has 1 aromatic carbocycles. The molecule has 0 saturated carbocycles. The Kier molecular flexibility index (Phi) is 16.1. The largest absolute Gasteiger partial charge is 0.480 e. The second-order valence-electron chi connectivity index (χ2n) is 10.2. The molecule has 0 amide bonds. The van der Waals surface area contributed by atoms with Gasteiger partial charge in [-0.25, -0.2) is 0 Å². The predicted molar refractivity (Wildman–Crippen MR) is 149 cm³/mol. The molecule has 0 aliphatic rings. The van der Waals surface area contributed by atoms with Gasteiger partial charge in [-0.3, -0.25) is 19.2 Å². The molecule has 0 aliphatic carbocycles. The Balaban J connectivity index is 3.07. The molecule has 0 fully saturated rings. The highest BCUT2D eigenvalue weighted by Crippen LogP contribution is 2.32. The number of carboxylic acid groups (broad SMARTS) is 1. The van der Waals surface area contributed by atoms with E-state index in [1.807, 2.05) is 20.8 Å². The molecule has 1 aromatic rings. The number of esters is 3. The number of carbonyl (C=O) groups is 4. The van der Waals surface area contributed by atoms with Gasteiger partial charge in [-0.2, -0.15) is 0 Å². The molecule has 0 spiro atoms. The van der Waals surface area contributed by atoms with E-state index in [1.54, 1.807) is 13.0 Å². The fourth-order valence-corrected chi connectivity index (χ4v) is 4.17. The fraction of sp³-hybridized carbons (Fsp3) is 0.667. The quantitative estimate of drug-likeness (QED) is 0.116. The number of carbonyl (C=O) groups excluding carboxylic acids is 3. The number of aliphatic carboxylic acids is 1. The SMILES string of the molecule is CCCCCC(=O)Oc1ccc(CC(N)(C[C@H](C)OC(=O)CCCCC)C(=O)O)cc1OC(=O)CCCCC. The molecule has 0 aromatic heterocycles. The van der Waals surface area contributed by atoms with Crippen molar-refractivity contribution in [1.82, 2.24) is 0 Å². The number of hydrogen-bond donors (Lipinski definition) is 2. The van der Waals surface area contributed by atoms with Crippen molar-refractivity contribution in [1.29, 1.82) is 0 Å². The average Bonchev–Trinajstić information content (AvgIpc) is 2.85. The van der Waals surface area contributed by atoms with Crippen LogP contribution >= 0.6 is 0 Å². The zero-order chi connectivity index (χ0) is 29.3. The minimum absolute atomic E-state index is 0.0426. The molecule has 3 N–H and O–H groups in total. The van der Waals surface area contributed by atoms with E-state index < -0.39 is 29.6 Å². The molecular weight excluding hydrogens is 502 g/mol. The Morgan fingerprint density at radius 1 is 0.795 bits per heavy atom. The first-order chi connectivity index (χ1) is 18.5. The van der Waals surface area contributed by atoms with Crippen molar-refractivity contribution >= 4 is 23.9 Å². The Hall–Kier alpha value is -2.94. The summed E-state index contributed by atoms with van der Waals surface area (Å²) < 4.78 is 16.4. The topological polar surface area (TPSA) is 142 Å². The number of hydrogen-bond acceptors (Lipinski definition) is 8. The summed E-state index contributed by atoms with van der Waals surface area (Å²) in [5.41, 5.74) is 5.04. The van der Waals surface area contributed by atoms with Crippen molar-refractivity contribution in [2.24, 2.45) is 5.73 Å². The van der Waals surface area contributed by atoms with Crippen LogP contribution in [0, 0.1) is 0 Å². The van der Waals surface area contributed by atoms with E-state index >= 15 is 0 Å². The first-order valence-corrected chi connectivity index (χ1v) is 14.3. The second-order valence-corrected chi connectivity index (χ2v) is 10.2. The van der Waals surface area contributed by atoms with Crippen LogP contribution in [0.1, 0.15) is 117 Å². The molecular formula is C30H47NO8. The van der Waals surface area contributed by atoms with Crippen LogP contribution in [0.15, 0.2) is 18.2 Å². The van der Waals surface area contributed by atoms with Crippen LogP contribution in [-0.4, -0.2) is 40.6 Å². The van der Waals surface area contributed by atoms with Crippen molar-refractivity contribution in [3.8, 4) is 11.5 Å². The maximum Gasteiger partial charge on any atom is 0.324 e. The highest BCUT2D eigenvalue weighted by Gasteiger charge is 2.37. The van der Waals surface area contributed by atoms with Crippen LogP contribution in [0.2, 0.25) is 0 Å². The van der Waals surface area contributed by atoms with E-state index in [9.17, 15) is 24.3 Å². The van der Waals surface area contributed by atoms with Gasteiger partial charge in [0.15, 0.2) is 11.5 Å². The van der Waals surface area contributed by atoms with Gasteiger partial charge in [-0.05, 0) is 43.9 Å². The maximum absolute atomic E-state index is 12.5. The van der Waals surface area contributed by atoms with Crippen LogP contribution in [0.5, 0.6) is 11.5 Å². The predicted octanol–water partition coefficient (Wildman–Crippen LogP) is 5.88. The lowest BCUT2D eigenvalue weighted by molar-refractivity contribution is -0.153. The van der Waals surface area contributed by atoms with Crippen LogP contribution in [0.3, 0.4) is 0 Å². The molecule has 220 valence electrons. The van der Waals surface area contributed by atoms with E-state index in [1.165, 1.54) is 12.1 Å². The fourth-order valence-electron chi connectivity index (χ4n) is 4.17. The summed E-state index contributed by atoms with van der Waals surface area (Å²) in [4.78, 5) is 49.1. The summed E-state index contributed by atoms with van der Waals surface area (Å²) in [5.74, 6) is -2.40. The van der Waals surface area contributed by atoms with Gasteiger partial charge in [0.25, 0.3) is 0 Å². The summed E-state index contributed by atoms with van der Waals surface area (Å²) in [6.07, 6.45) is 7.42. The Bertz CT molecular complexity index is 932. The van der Waals surface area contributed by atoms with E-state index in [0.29, 0.717) is 24.8 Å². The minimum atomic E-state index is -1.75. The monoisotopic (exact) mass is 549 g/mol. The number of unbranched alkanes of at least 4 members (excludes halogenated alkanes) is 6. The molecule has 9 nitrogen and oxygen atoms in total. The molecule has 1 rings (SSSR count). The van der Waals surface area contributed by atoms with Gasteiger partial charge >= 0.3 is 23.9 Å². The van der Waals surface area contributed by atoms with E-state index in [2.05, 4.69) is 0 Å². The normalized spacial score (nSPS) is 13.3. The summed E-state index contributed by atoms with van der Waals surface area (Å²) in [6, 6.07) is 4.56. The third-order valence-corrected chi connectivity index (χ3v) is 6.34. The molecule has 0 radical (unpaired) electrons. The van der Waals surface area contributed by atoms with Crippen molar-refractivity contribution in [3.05, 3.63) is 23.8 Å². The number of nitrogens with two attached hydrogens (primary N) is 1. The van der Waals surface area contributed by atoms with Crippen molar-refractivity contribution in [3.63, 3.8) is 0 Å². The van der Waals surface area contributed by atoms with Gasteiger partial charge in [-0.15, -0.1) is 0 Å².